The third-order valence-corrected chi connectivity index (χ3v) is 6.07. The molecule has 6 rings (SSSR count). The van der Waals surface area contributed by atoms with Crippen LogP contribution in [0.5, 0.6) is 11.5 Å². The van der Waals surface area contributed by atoms with Crippen LogP contribution < -0.4 is 4.74 Å². The van der Waals surface area contributed by atoms with Crippen molar-refractivity contribution in [1.29, 1.82) is 0 Å². The molecular formula is C28H20O. The predicted octanol–water partition coefficient (Wildman–Crippen LogP) is 7.59. The molecule has 1 aliphatic rings. The summed E-state index contributed by atoms with van der Waals surface area (Å²) in [5.41, 5.74) is 5.10. The summed E-state index contributed by atoms with van der Waals surface area (Å²) in [6.45, 7) is 2.14. The van der Waals surface area contributed by atoms with Gasteiger partial charge in [-0.05, 0) is 46.2 Å². The van der Waals surface area contributed by atoms with Crippen molar-refractivity contribution in [3.05, 3.63) is 119 Å². The SMILES string of the molecule is Cc1ccc(C2c3c(ccc4ccccc34)Oc3ccc4ccccc4c32)cc1. The van der Waals surface area contributed by atoms with Gasteiger partial charge in [0.05, 0.1) is 0 Å². The van der Waals surface area contributed by atoms with Crippen molar-refractivity contribution in [2.24, 2.45) is 0 Å². The van der Waals surface area contributed by atoms with E-state index in [9.17, 15) is 0 Å². The maximum atomic E-state index is 6.47. The Labute approximate surface area is 170 Å². The van der Waals surface area contributed by atoms with Gasteiger partial charge in [0.25, 0.3) is 0 Å². The molecule has 0 saturated heterocycles. The van der Waals surface area contributed by atoms with Crippen molar-refractivity contribution >= 4 is 21.5 Å². The van der Waals surface area contributed by atoms with Crippen LogP contribution in [0.15, 0.2) is 97.1 Å². The highest BCUT2D eigenvalue weighted by Gasteiger charge is 2.31. The molecule has 1 heterocycles. The number of aryl methyl sites for hydroxylation is 1. The quantitative estimate of drug-likeness (QED) is 0.289. The zero-order valence-electron chi connectivity index (χ0n) is 16.2. The predicted molar refractivity (Wildman–Crippen MR) is 120 cm³/mol. The molecule has 0 bridgehead atoms. The Morgan fingerprint density at radius 1 is 0.552 bits per heavy atom. The summed E-state index contributed by atoms with van der Waals surface area (Å²) in [5, 5.41) is 5.01. The first-order chi connectivity index (χ1) is 14.3. The lowest BCUT2D eigenvalue weighted by atomic mass is 9.78. The summed E-state index contributed by atoms with van der Waals surface area (Å²) in [7, 11) is 0. The van der Waals surface area contributed by atoms with Crippen LogP contribution in [-0.2, 0) is 0 Å². The van der Waals surface area contributed by atoms with Gasteiger partial charge in [-0.2, -0.15) is 0 Å². The van der Waals surface area contributed by atoms with Crippen LogP contribution in [0, 0.1) is 6.92 Å². The van der Waals surface area contributed by atoms with E-state index in [0.717, 1.165) is 11.5 Å². The molecule has 0 unspecified atom stereocenters. The first kappa shape index (κ1) is 16.4. The van der Waals surface area contributed by atoms with E-state index < -0.39 is 0 Å². The fourth-order valence-electron chi connectivity index (χ4n) is 4.68. The van der Waals surface area contributed by atoms with Crippen LogP contribution in [0.3, 0.4) is 0 Å². The van der Waals surface area contributed by atoms with Crippen LogP contribution in [0.4, 0.5) is 0 Å². The average Bonchev–Trinajstić information content (AvgIpc) is 2.78. The molecule has 0 radical (unpaired) electrons. The minimum atomic E-state index is 0.131. The van der Waals surface area contributed by atoms with Gasteiger partial charge in [0.1, 0.15) is 11.5 Å². The molecule has 0 aromatic heterocycles. The maximum absolute atomic E-state index is 6.47. The fourth-order valence-corrected chi connectivity index (χ4v) is 4.68. The molecule has 0 saturated carbocycles. The van der Waals surface area contributed by atoms with Gasteiger partial charge in [-0.25, -0.2) is 0 Å². The summed E-state index contributed by atoms with van der Waals surface area (Å²) >= 11 is 0. The van der Waals surface area contributed by atoms with Crippen molar-refractivity contribution in [2.75, 3.05) is 0 Å². The van der Waals surface area contributed by atoms with Gasteiger partial charge in [-0.3, -0.25) is 0 Å². The fraction of sp³-hybridized carbons (Fsp3) is 0.0714. The Bertz CT molecular complexity index is 1290. The van der Waals surface area contributed by atoms with E-state index in [4.69, 9.17) is 4.74 Å². The molecule has 29 heavy (non-hydrogen) atoms. The highest BCUT2D eigenvalue weighted by Crippen LogP contribution is 2.52. The molecule has 1 heteroatoms. The Morgan fingerprint density at radius 3 is 1.62 bits per heavy atom. The molecule has 138 valence electrons. The van der Waals surface area contributed by atoms with Gasteiger partial charge in [-0.15, -0.1) is 0 Å². The van der Waals surface area contributed by atoms with Crippen LogP contribution in [0.1, 0.15) is 28.2 Å². The van der Waals surface area contributed by atoms with Gasteiger partial charge in [-0.1, -0.05) is 90.5 Å². The van der Waals surface area contributed by atoms with E-state index in [2.05, 4.69) is 104 Å². The van der Waals surface area contributed by atoms with Crippen molar-refractivity contribution in [3.63, 3.8) is 0 Å². The third kappa shape index (κ3) is 2.48. The summed E-state index contributed by atoms with van der Waals surface area (Å²) in [6.07, 6.45) is 0. The smallest absolute Gasteiger partial charge is 0.132 e. The third-order valence-electron chi connectivity index (χ3n) is 6.07. The molecule has 0 N–H and O–H groups in total. The van der Waals surface area contributed by atoms with E-state index in [0.29, 0.717) is 0 Å². The van der Waals surface area contributed by atoms with E-state index >= 15 is 0 Å². The second kappa shape index (κ2) is 6.22. The minimum absolute atomic E-state index is 0.131. The standard InChI is InChI=1S/C28H20O/c1-18-10-12-21(13-11-18)26-27-22-8-4-2-6-19(22)14-16-24(27)29-25-17-15-20-7-3-5-9-23(20)28(25)26/h2-17,26H,1H3. The van der Waals surface area contributed by atoms with E-state index in [1.165, 1.54) is 43.8 Å². The molecule has 1 nitrogen and oxygen atoms in total. The topological polar surface area (TPSA) is 9.23 Å². The number of hydrogen-bond donors (Lipinski definition) is 0. The van der Waals surface area contributed by atoms with Crippen LogP contribution in [-0.4, -0.2) is 0 Å². The van der Waals surface area contributed by atoms with Crippen LogP contribution >= 0.6 is 0 Å². The minimum Gasteiger partial charge on any atom is -0.457 e. The Morgan fingerprint density at radius 2 is 1.07 bits per heavy atom. The van der Waals surface area contributed by atoms with Gasteiger partial charge in [0.2, 0.25) is 0 Å². The highest BCUT2D eigenvalue weighted by molar-refractivity contribution is 5.95. The van der Waals surface area contributed by atoms with Crippen LogP contribution in [0.2, 0.25) is 0 Å². The van der Waals surface area contributed by atoms with Crippen molar-refractivity contribution in [2.45, 2.75) is 12.8 Å². The summed E-state index contributed by atoms with van der Waals surface area (Å²) in [6, 6.07) is 34.7. The zero-order chi connectivity index (χ0) is 19.4. The number of fused-ring (bicyclic) bond motifs is 6. The molecule has 0 aliphatic carbocycles. The molecule has 0 fully saturated rings. The lowest BCUT2D eigenvalue weighted by Gasteiger charge is -2.31. The molecule has 0 atom stereocenters. The Kier molecular flexibility index (Phi) is 3.51. The van der Waals surface area contributed by atoms with Gasteiger partial charge >= 0.3 is 0 Å². The lowest BCUT2D eigenvalue weighted by Crippen LogP contribution is -2.13. The van der Waals surface area contributed by atoms with E-state index in [1.54, 1.807) is 0 Å². The molecular weight excluding hydrogens is 352 g/mol. The van der Waals surface area contributed by atoms with Crippen molar-refractivity contribution in [3.8, 4) is 11.5 Å². The molecule has 5 aromatic carbocycles. The summed E-state index contributed by atoms with van der Waals surface area (Å²) in [4.78, 5) is 0. The zero-order valence-corrected chi connectivity index (χ0v) is 16.2. The number of benzene rings is 5. The summed E-state index contributed by atoms with van der Waals surface area (Å²) < 4.78 is 6.47. The number of rotatable bonds is 1. The number of ether oxygens (including phenoxy) is 1. The second-order valence-electron chi connectivity index (χ2n) is 7.84. The summed E-state index contributed by atoms with van der Waals surface area (Å²) in [5.74, 6) is 2.04. The van der Waals surface area contributed by atoms with E-state index in [1.807, 2.05) is 0 Å². The normalized spacial score (nSPS) is 13.1. The van der Waals surface area contributed by atoms with Crippen molar-refractivity contribution < 1.29 is 4.74 Å². The Hall–Kier alpha value is -3.58. The van der Waals surface area contributed by atoms with Gasteiger partial charge in [0.15, 0.2) is 0 Å². The highest BCUT2D eigenvalue weighted by atomic mass is 16.5. The molecule has 0 amide bonds. The Balaban J connectivity index is 1.75. The number of hydrogen-bond acceptors (Lipinski definition) is 1. The monoisotopic (exact) mass is 372 g/mol. The largest absolute Gasteiger partial charge is 0.457 e. The average molecular weight is 372 g/mol. The van der Waals surface area contributed by atoms with E-state index in [-0.39, 0.29) is 5.92 Å². The molecule has 5 aromatic rings. The lowest BCUT2D eigenvalue weighted by molar-refractivity contribution is 0.456. The second-order valence-corrected chi connectivity index (χ2v) is 7.84. The first-order valence-corrected chi connectivity index (χ1v) is 10.1. The molecule has 1 aliphatic heterocycles. The first-order valence-electron chi connectivity index (χ1n) is 10.1. The van der Waals surface area contributed by atoms with Crippen molar-refractivity contribution in [1.82, 2.24) is 0 Å². The van der Waals surface area contributed by atoms with Crippen LogP contribution in [0.25, 0.3) is 21.5 Å². The van der Waals surface area contributed by atoms with Gasteiger partial charge in [0, 0.05) is 17.0 Å². The molecule has 0 spiro atoms. The van der Waals surface area contributed by atoms with Gasteiger partial charge < -0.3 is 4.74 Å². The maximum Gasteiger partial charge on any atom is 0.132 e.